The van der Waals surface area contributed by atoms with Crippen LogP contribution in [0.3, 0.4) is 0 Å². The number of anilines is 2. The minimum Gasteiger partial charge on any atom is -0.504 e. The zero-order valence-electron chi connectivity index (χ0n) is 16.4. The molecular weight excluding hydrogens is 406 g/mol. The zero-order chi connectivity index (χ0) is 21.3. The molecule has 1 atom stereocenters. The molecule has 0 unspecified atom stereocenters. The Morgan fingerprint density at radius 1 is 1.23 bits per heavy atom. The van der Waals surface area contributed by atoms with Crippen LogP contribution in [0.15, 0.2) is 58.3 Å². The predicted octanol–water partition coefficient (Wildman–Crippen LogP) is 3.75. The van der Waals surface area contributed by atoms with Crippen molar-refractivity contribution < 1.29 is 9.84 Å². The Bertz CT molecular complexity index is 1170. The minimum atomic E-state index is -0.698. The van der Waals surface area contributed by atoms with Crippen molar-refractivity contribution in [2.75, 3.05) is 17.2 Å². The number of ether oxygens (including phenoxy) is 1. The number of aliphatic imine (C=N–C) groups is 1. The number of aryl methyl sites for hydroxylation is 1. The van der Waals surface area contributed by atoms with Crippen LogP contribution in [0, 0.1) is 6.92 Å². The highest BCUT2D eigenvalue weighted by Gasteiger charge is 2.26. The molecule has 30 heavy (non-hydrogen) atoms. The molecule has 1 aromatic heterocycles. The van der Waals surface area contributed by atoms with Crippen molar-refractivity contribution in [2.24, 2.45) is 4.99 Å². The lowest BCUT2D eigenvalue weighted by molar-refractivity contribution is 0.317. The molecule has 2 aromatic carbocycles. The van der Waals surface area contributed by atoms with Gasteiger partial charge in [0.2, 0.25) is 11.9 Å². The number of nitrogens with one attached hydrogen (secondary N) is 2. The highest BCUT2D eigenvalue weighted by Crippen LogP contribution is 2.33. The number of hydrogen-bond donors (Lipinski definition) is 3. The summed E-state index contributed by atoms with van der Waals surface area (Å²) >= 11 is 5.96. The van der Waals surface area contributed by atoms with E-state index < -0.39 is 6.17 Å². The Morgan fingerprint density at radius 3 is 2.73 bits per heavy atom. The summed E-state index contributed by atoms with van der Waals surface area (Å²) in [5.41, 5.74) is 1.79. The second-order valence-electron chi connectivity index (χ2n) is 6.70. The van der Waals surface area contributed by atoms with Crippen LogP contribution in [0.4, 0.5) is 11.6 Å². The fourth-order valence-electron chi connectivity index (χ4n) is 3.17. The molecule has 0 saturated carbocycles. The minimum absolute atomic E-state index is 0.0210. The summed E-state index contributed by atoms with van der Waals surface area (Å²) in [5, 5.41) is 16.9. The van der Waals surface area contributed by atoms with E-state index in [-0.39, 0.29) is 11.3 Å². The molecule has 0 saturated heterocycles. The number of phenolic OH excluding ortho intramolecular Hbond substituents is 1. The number of rotatable bonds is 4. The van der Waals surface area contributed by atoms with Crippen molar-refractivity contribution in [1.82, 2.24) is 9.55 Å². The van der Waals surface area contributed by atoms with E-state index in [2.05, 4.69) is 20.6 Å². The standard InChI is InChI=1S/C21H20ClN5O3/c1-3-30-17-11-13(4-9-16(17)28)19-25-20(24-15-7-5-14(22)6-8-15)26-21-23-12(2)10-18(29)27(19)21/h4-11,19,28H,3H2,1-2H3,(H2,23,24,25,26)/t19-/m1/s1. The third kappa shape index (κ3) is 3.95. The number of nitrogens with zero attached hydrogens (tertiary/aromatic N) is 3. The highest BCUT2D eigenvalue weighted by molar-refractivity contribution is 6.30. The van der Waals surface area contributed by atoms with Crippen molar-refractivity contribution in [3.8, 4) is 11.5 Å². The van der Waals surface area contributed by atoms with Gasteiger partial charge in [-0.3, -0.25) is 14.7 Å². The molecule has 9 heteroatoms. The maximum absolute atomic E-state index is 12.7. The van der Waals surface area contributed by atoms with Crippen molar-refractivity contribution in [3.63, 3.8) is 0 Å². The molecule has 0 fully saturated rings. The van der Waals surface area contributed by atoms with Gasteiger partial charge in [0.15, 0.2) is 17.7 Å². The van der Waals surface area contributed by atoms with Gasteiger partial charge in [-0.25, -0.2) is 9.98 Å². The van der Waals surface area contributed by atoms with E-state index in [0.29, 0.717) is 40.5 Å². The number of aromatic hydroxyl groups is 1. The van der Waals surface area contributed by atoms with Gasteiger partial charge in [-0.2, -0.15) is 0 Å². The number of guanidine groups is 1. The van der Waals surface area contributed by atoms with Crippen LogP contribution in [0.25, 0.3) is 0 Å². The van der Waals surface area contributed by atoms with E-state index in [1.54, 1.807) is 31.2 Å². The second-order valence-corrected chi connectivity index (χ2v) is 7.13. The van der Waals surface area contributed by atoms with Gasteiger partial charge in [-0.15, -0.1) is 0 Å². The Kier molecular flexibility index (Phi) is 5.33. The van der Waals surface area contributed by atoms with Crippen molar-refractivity contribution in [1.29, 1.82) is 0 Å². The van der Waals surface area contributed by atoms with Crippen LogP contribution >= 0.6 is 11.6 Å². The molecule has 0 amide bonds. The van der Waals surface area contributed by atoms with Crippen LogP contribution in [0.5, 0.6) is 11.5 Å². The van der Waals surface area contributed by atoms with Crippen LogP contribution in [-0.4, -0.2) is 27.2 Å². The lowest BCUT2D eigenvalue weighted by Crippen LogP contribution is -2.37. The molecule has 2 heterocycles. The lowest BCUT2D eigenvalue weighted by atomic mass is 10.1. The Hall–Kier alpha value is -3.52. The Balaban J connectivity index is 1.80. The molecule has 3 aromatic rings. The normalized spacial score (nSPS) is 15.0. The molecule has 0 aliphatic carbocycles. The van der Waals surface area contributed by atoms with Crippen LogP contribution < -0.4 is 20.9 Å². The number of halogens is 1. The monoisotopic (exact) mass is 425 g/mol. The van der Waals surface area contributed by atoms with E-state index in [0.717, 1.165) is 5.69 Å². The average molecular weight is 426 g/mol. The molecule has 4 rings (SSSR count). The largest absolute Gasteiger partial charge is 0.504 e. The maximum Gasteiger partial charge on any atom is 0.257 e. The molecule has 0 radical (unpaired) electrons. The summed E-state index contributed by atoms with van der Waals surface area (Å²) in [6.07, 6.45) is -0.698. The summed E-state index contributed by atoms with van der Waals surface area (Å²) in [6.45, 7) is 3.98. The van der Waals surface area contributed by atoms with Crippen LogP contribution in [-0.2, 0) is 0 Å². The first-order valence-electron chi connectivity index (χ1n) is 9.38. The molecular formula is C21H20ClN5O3. The molecule has 8 nitrogen and oxygen atoms in total. The Morgan fingerprint density at radius 2 is 2.00 bits per heavy atom. The van der Waals surface area contributed by atoms with Gasteiger partial charge >= 0.3 is 0 Å². The first kappa shape index (κ1) is 19.8. The summed E-state index contributed by atoms with van der Waals surface area (Å²) in [7, 11) is 0. The Labute approximate surface area is 177 Å². The summed E-state index contributed by atoms with van der Waals surface area (Å²) in [4.78, 5) is 21.9. The highest BCUT2D eigenvalue weighted by atomic mass is 35.5. The molecule has 154 valence electrons. The quantitative estimate of drug-likeness (QED) is 0.588. The molecule has 1 aliphatic rings. The van der Waals surface area contributed by atoms with E-state index in [1.807, 2.05) is 19.1 Å². The SMILES string of the molecule is CCOc1cc([C@@H]2N=C(Nc3ccc(Cl)cc3)Nc3nc(C)cc(=O)n32)ccc1O. The van der Waals surface area contributed by atoms with Gasteiger partial charge in [0.1, 0.15) is 0 Å². The summed E-state index contributed by atoms with van der Waals surface area (Å²) in [6, 6.07) is 13.5. The van der Waals surface area contributed by atoms with Gasteiger partial charge in [0.05, 0.1) is 6.61 Å². The fraction of sp³-hybridized carbons (Fsp3) is 0.190. The number of hydrogen-bond acceptors (Lipinski definition) is 7. The zero-order valence-corrected chi connectivity index (χ0v) is 17.1. The average Bonchev–Trinajstić information content (AvgIpc) is 2.70. The van der Waals surface area contributed by atoms with E-state index in [9.17, 15) is 9.90 Å². The first-order valence-corrected chi connectivity index (χ1v) is 9.75. The van der Waals surface area contributed by atoms with Crippen LogP contribution in [0.2, 0.25) is 5.02 Å². The maximum atomic E-state index is 12.7. The van der Waals surface area contributed by atoms with Crippen LogP contribution in [0.1, 0.15) is 24.3 Å². The molecule has 0 spiro atoms. The number of aromatic nitrogens is 2. The second kappa shape index (κ2) is 8.08. The number of benzene rings is 2. The summed E-state index contributed by atoms with van der Waals surface area (Å²) in [5.74, 6) is 1.13. The van der Waals surface area contributed by atoms with Crippen molar-refractivity contribution in [3.05, 3.63) is 75.2 Å². The van der Waals surface area contributed by atoms with E-state index >= 15 is 0 Å². The van der Waals surface area contributed by atoms with Crippen molar-refractivity contribution >= 4 is 29.2 Å². The topological polar surface area (TPSA) is 101 Å². The van der Waals surface area contributed by atoms with Gasteiger partial charge in [-0.05, 0) is 50.2 Å². The number of fused-ring (bicyclic) bond motifs is 1. The predicted molar refractivity (Wildman–Crippen MR) is 117 cm³/mol. The molecule has 0 bridgehead atoms. The molecule has 1 aliphatic heterocycles. The first-order chi connectivity index (χ1) is 14.4. The fourth-order valence-corrected chi connectivity index (χ4v) is 3.29. The third-order valence-corrected chi connectivity index (χ3v) is 4.75. The van der Waals surface area contributed by atoms with Gasteiger partial charge in [0, 0.05) is 28.0 Å². The molecule has 3 N–H and O–H groups in total. The lowest BCUT2D eigenvalue weighted by Gasteiger charge is -2.27. The van der Waals surface area contributed by atoms with Crippen molar-refractivity contribution in [2.45, 2.75) is 20.0 Å². The summed E-state index contributed by atoms with van der Waals surface area (Å²) < 4.78 is 6.95. The number of phenols is 1. The van der Waals surface area contributed by atoms with E-state index in [4.69, 9.17) is 16.3 Å². The van der Waals surface area contributed by atoms with Gasteiger partial charge in [0.25, 0.3) is 5.56 Å². The van der Waals surface area contributed by atoms with E-state index in [1.165, 1.54) is 16.7 Å². The van der Waals surface area contributed by atoms with Gasteiger partial charge in [-0.1, -0.05) is 17.7 Å². The smallest absolute Gasteiger partial charge is 0.257 e. The van der Waals surface area contributed by atoms with Gasteiger partial charge < -0.3 is 15.2 Å². The third-order valence-electron chi connectivity index (χ3n) is 4.50.